The molecule has 0 saturated heterocycles. The summed E-state index contributed by atoms with van der Waals surface area (Å²) in [4.78, 5) is 13.6. The highest BCUT2D eigenvalue weighted by Gasteiger charge is 2.19. The molecule has 1 N–H and O–H groups in total. The maximum Gasteiger partial charge on any atom is 0.235 e. The highest BCUT2D eigenvalue weighted by Crippen LogP contribution is 2.33. The number of carbonyl (C=O) groups excluding carboxylic acids is 1. The van der Waals surface area contributed by atoms with E-state index in [0.29, 0.717) is 21.6 Å². The van der Waals surface area contributed by atoms with Crippen LogP contribution in [0.3, 0.4) is 0 Å². The average molecular weight is 432 g/mol. The predicted molar refractivity (Wildman–Crippen MR) is 116 cm³/mol. The molecule has 3 rings (SSSR count). The summed E-state index contributed by atoms with van der Waals surface area (Å²) >= 11 is 4.42. The van der Waals surface area contributed by atoms with Gasteiger partial charge in [0, 0.05) is 21.9 Å². The number of nitriles is 1. The second kappa shape index (κ2) is 8.90. The minimum absolute atomic E-state index is 0.165. The van der Waals surface area contributed by atoms with E-state index in [-0.39, 0.29) is 17.7 Å². The molecule has 3 aromatic heterocycles. The lowest BCUT2D eigenvalue weighted by Crippen LogP contribution is -2.14. The molecule has 0 saturated carbocycles. The van der Waals surface area contributed by atoms with E-state index >= 15 is 0 Å². The fraction of sp³-hybridized carbons (Fsp3) is 0.368. The van der Waals surface area contributed by atoms with Gasteiger partial charge in [0.25, 0.3) is 0 Å². The highest BCUT2D eigenvalue weighted by molar-refractivity contribution is 7.99. The zero-order valence-electron chi connectivity index (χ0n) is 16.1. The minimum atomic E-state index is -0.165. The van der Waals surface area contributed by atoms with Crippen LogP contribution in [0.25, 0.3) is 11.4 Å². The number of hydrogen-bond donors (Lipinski definition) is 1. The molecule has 3 aromatic rings. The van der Waals surface area contributed by atoms with E-state index in [9.17, 15) is 4.79 Å². The van der Waals surface area contributed by atoms with Crippen LogP contribution in [0.5, 0.6) is 0 Å². The van der Waals surface area contributed by atoms with Gasteiger partial charge in [-0.3, -0.25) is 9.36 Å². The Kier molecular flexibility index (Phi) is 6.54. The zero-order valence-corrected chi connectivity index (χ0v) is 18.5. The molecule has 0 fully saturated rings. The Labute approximate surface area is 176 Å². The van der Waals surface area contributed by atoms with Gasteiger partial charge in [-0.05, 0) is 37.3 Å². The summed E-state index contributed by atoms with van der Waals surface area (Å²) < 4.78 is 2.07. The van der Waals surface area contributed by atoms with Crippen molar-refractivity contribution in [2.75, 3.05) is 11.1 Å². The van der Waals surface area contributed by atoms with Crippen molar-refractivity contribution >= 4 is 45.3 Å². The van der Waals surface area contributed by atoms with Crippen molar-refractivity contribution < 1.29 is 4.79 Å². The Morgan fingerprint density at radius 1 is 1.32 bits per heavy atom. The molecule has 9 heteroatoms. The van der Waals surface area contributed by atoms with Crippen molar-refractivity contribution in [3.63, 3.8) is 0 Å². The number of rotatable bonds is 7. The van der Waals surface area contributed by atoms with E-state index in [4.69, 9.17) is 5.26 Å². The van der Waals surface area contributed by atoms with Crippen molar-refractivity contribution in [1.29, 1.82) is 5.26 Å². The third kappa shape index (κ3) is 4.46. The molecule has 0 radical (unpaired) electrons. The summed E-state index contributed by atoms with van der Waals surface area (Å²) in [5.74, 6) is 1.34. The molecule has 146 valence electrons. The fourth-order valence-electron chi connectivity index (χ4n) is 2.60. The van der Waals surface area contributed by atoms with Crippen LogP contribution in [0.4, 0.5) is 5.00 Å². The Morgan fingerprint density at radius 3 is 2.75 bits per heavy atom. The molecule has 0 aliphatic rings. The van der Waals surface area contributed by atoms with Crippen molar-refractivity contribution in [2.24, 2.45) is 0 Å². The van der Waals surface area contributed by atoms with Crippen molar-refractivity contribution in [1.82, 2.24) is 14.8 Å². The van der Waals surface area contributed by atoms with E-state index in [1.165, 1.54) is 28.0 Å². The summed E-state index contributed by atoms with van der Waals surface area (Å²) in [6.07, 6.45) is 0. The average Bonchev–Trinajstić information content (AvgIpc) is 3.38. The molecule has 0 aliphatic heterocycles. The fourth-order valence-corrected chi connectivity index (χ4v) is 5.12. The smallest absolute Gasteiger partial charge is 0.235 e. The maximum absolute atomic E-state index is 12.3. The van der Waals surface area contributed by atoms with E-state index < -0.39 is 0 Å². The van der Waals surface area contributed by atoms with Crippen LogP contribution in [0.15, 0.2) is 28.0 Å². The third-order valence-electron chi connectivity index (χ3n) is 4.00. The van der Waals surface area contributed by atoms with Crippen molar-refractivity contribution in [2.45, 2.75) is 44.8 Å². The van der Waals surface area contributed by atoms with E-state index in [1.54, 1.807) is 22.8 Å². The van der Waals surface area contributed by atoms with Gasteiger partial charge in [-0.1, -0.05) is 25.6 Å². The SMILES string of the molecule is CC(C)c1cc(-c2nnc(SCC(=O)Nc3sccc3C#N)n2C(C)C)cs1. The molecule has 0 unspecified atom stereocenters. The summed E-state index contributed by atoms with van der Waals surface area (Å²) in [7, 11) is 0. The Hall–Kier alpha value is -2.15. The van der Waals surface area contributed by atoms with Crippen LogP contribution in [-0.4, -0.2) is 26.4 Å². The lowest BCUT2D eigenvalue weighted by Gasteiger charge is -2.13. The molecule has 3 heterocycles. The Balaban J connectivity index is 1.74. The monoisotopic (exact) mass is 431 g/mol. The first kappa shape index (κ1) is 20.6. The molecule has 0 aromatic carbocycles. The van der Waals surface area contributed by atoms with Crippen molar-refractivity contribution in [3.05, 3.63) is 33.3 Å². The molecular formula is C19H21N5OS3. The minimum Gasteiger partial charge on any atom is -0.316 e. The summed E-state index contributed by atoms with van der Waals surface area (Å²) in [5, 5.41) is 25.7. The number of anilines is 1. The van der Waals surface area contributed by atoms with Gasteiger partial charge in [-0.25, -0.2) is 0 Å². The second-order valence-corrected chi connectivity index (χ2v) is 9.58. The van der Waals surface area contributed by atoms with Crippen molar-refractivity contribution in [3.8, 4) is 17.5 Å². The van der Waals surface area contributed by atoms with Crippen LogP contribution < -0.4 is 5.32 Å². The third-order valence-corrected chi connectivity index (χ3v) is 7.01. The van der Waals surface area contributed by atoms with E-state index in [2.05, 4.69) is 65.3 Å². The van der Waals surface area contributed by atoms with Gasteiger partial charge in [-0.2, -0.15) is 5.26 Å². The van der Waals surface area contributed by atoms with Gasteiger partial charge in [-0.15, -0.1) is 32.9 Å². The molecule has 0 spiro atoms. The van der Waals surface area contributed by atoms with Gasteiger partial charge in [0.05, 0.1) is 11.3 Å². The predicted octanol–water partition coefficient (Wildman–Crippen LogP) is 5.37. The summed E-state index contributed by atoms with van der Waals surface area (Å²) in [6, 6.07) is 6.10. The number of carbonyl (C=O) groups is 1. The quantitative estimate of drug-likeness (QED) is 0.508. The van der Waals surface area contributed by atoms with Crippen LogP contribution >= 0.6 is 34.4 Å². The first-order valence-corrected chi connectivity index (χ1v) is 11.6. The molecular weight excluding hydrogens is 410 g/mol. The molecule has 0 atom stereocenters. The largest absolute Gasteiger partial charge is 0.316 e. The van der Waals surface area contributed by atoms with Gasteiger partial charge in [0.1, 0.15) is 11.1 Å². The number of nitrogens with zero attached hydrogens (tertiary/aromatic N) is 4. The normalized spacial score (nSPS) is 11.2. The highest BCUT2D eigenvalue weighted by atomic mass is 32.2. The summed E-state index contributed by atoms with van der Waals surface area (Å²) in [6.45, 7) is 8.51. The van der Waals surface area contributed by atoms with Gasteiger partial charge in [0.15, 0.2) is 11.0 Å². The molecule has 28 heavy (non-hydrogen) atoms. The number of amides is 1. The van der Waals surface area contributed by atoms with Gasteiger partial charge in [0.2, 0.25) is 5.91 Å². The standard InChI is InChI=1S/C19H21N5OS3/c1-11(2)15-7-14(9-27-15)17-22-23-19(24(17)12(3)4)28-10-16(25)21-18-13(8-20)5-6-26-18/h5-7,9,11-12H,10H2,1-4H3,(H,21,25). The van der Waals surface area contributed by atoms with Crippen LogP contribution in [0, 0.1) is 11.3 Å². The molecule has 6 nitrogen and oxygen atoms in total. The number of aromatic nitrogens is 3. The van der Waals surface area contributed by atoms with Crippen LogP contribution in [0.1, 0.15) is 50.1 Å². The van der Waals surface area contributed by atoms with Gasteiger partial charge < -0.3 is 5.32 Å². The lowest BCUT2D eigenvalue weighted by atomic mass is 10.1. The number of nitrogens with one attached hydrogen (secondary N) is 1. The van der Waals surface area contributed by atoms with E-state index in [1.807, 2.05) is 0 Å². The van der Waals surface area contributed by atoms with Gasteiger partial charge >= 0.3 is 0 Å². The molecule has 1 amide bonds. The first-order chi connectivity index (χ1) is 13.4. The van der Waals surface area contributed by atoms with Crippen LogP contribution in [0.2, 0.25) is 0 Å². The maximum atomic E-state index is 12.3. The lowest BCUT2D eigenvalue weighted by molar-refractivity contribution is -0.113. The second-order valence-electron chi connectivity index (χ2n) is 6.77. The number of thiophene rings is 2. The summed E-state index contributed by atoms with van der Waals surface area (Å²) in [5.41, 5.74) is 1.54. The topological polar surface area (TPSA) is 83.6 Å². The number of hydrogen-bond acceptors (Lipinski definition) is 7. The van der Waals surface area contributed by atoms with E-state index in [0.717, 1.165) is 11.4 Å². The van der Waals surface area contributed by atoms with Crippen LogP contribution in [-0.2, 0) is 4.79 Å². The number of thioether (sulfide) groups is 1. The Bertz CT molecular complexity index is 1010. The Morgan fingerprint density at radius 2 is 2.11 bits per heavy atom. The molecule has 0 aliphatic carbocycles. The zero-order chi connectivity index (χ0) is 20.3. The first-order valence-electron chi connectivity index (χ1n) is 8.84. The molecule has 0 bridgehead atoms.